The van der Waals surface area contributed by atoms with Crippen molar-refractivity contribution in [2.45, 2.75) is 38.1 Å². The van der Waals surface area contributed by atoms with Crippen molar-refractivity contribution in [3.8, 4) is 11.5 Å². The normalized spacial score (nSPS) is 25.2. The molecule has 2 aliphatic carbocycles. The first kappa shape index (κ1) is 19.4. The SMILES string of the molecule is COc1ccc2c(c1OC(C)=O)[C@@]13C=C(OC(C)=O)C(=O)C=C1[C@@H](C2)N(C)CC3. The van der Waals surface area contributed by atoms with E-state index in [1.807, 2.05) is 13.1 Å². The summed E-state index contributed by atoms with van der Waals surface area (Å²) in [7, 11) is 3.56. The molecule has 1 aromatic carbocycles. The van der Waals surface area contributed by atoms with Crippen molar-refractivity contribution in [2.24, 2.45) is 0 Å². The van der Waals surface area contributed by atoms with E-state index in [1.165, 1.54) is 21.0 Å². The number of fused-ring (bicyclic) bond motifs is 1. The van der Waals surface area contributed by atoms with Crippen LogP contribution in [0.4, 0.5) is 0 Å². The number of carbonyl (C=O) groups excluding carboxylic acids is 3. The molecule has 0 amide bonds. The molecule has 0 aromatic heterocycles. The Morgan fingerprint density at radius 3 is 2.55 bits per heavy atom. The fraction of sp³-hybridized carbons (Fsp3) is 0.409. The second kappa shape index (κ2) is 6.84. The summed E-state index contributed by atoms with van der Waals surface area (Å²) in [6.07, 6.45) is 4.65. The fourth-order valence-electron chi connectivity index (χ4n) is 4.79. The summed E-state index contributed by atoms with van der Waals surface area (Å²) < 4.78 is 16.3. The van der Waals surface area contributed by atoms with Crippen molar-refractivity contribution in [1.29, 1.82) is 0 Å². The van der Waals surface area contributed by atoms with Crippen LogP contribution in [-0.2, 0) is 31.0 Å². The molecule has 3 aliphatic rings. The third kappa shape index (κ3) is 2.97. The van der Waals surface area contributed by atoms with Gasteiger partial charge in [0.15, 0.2) is 17.3 Å². The number of ketones is 1. The molecule has 0 radical (unpaired) electrons. The van der Waals surface area contributed by atoms with E-state index in [4.69, 9.17) is 14.2 Å². The van der Waals surface area contributed by atoms with Crippen molar-refractivity contribution in [3.63, 3.8) is 0 Å². The molecule has 1 heterocycles. The van der Waals surface area contributed by atoms with Gasteiger partial charge in [-0.3, -0.25) is 19.3 Å². The van der Waals surface area contributed by atoms with E-state index in [0.29, 0.717) is 24.3 Å². The van der Waals surface area contributed by atoms with Crippen LogP contribution in [0, 0.1) is 0 Å². The van der Waals surface area contributed by atoms with Crippen LogP contribution in [0.25, 0.3) is 0 Å². The second-order valence-corrected chi connectivity index (χ2v) is 7.71. The van der Waals surface area contributed by atoms with Crippen molar-refractivity contribution in [2.75, 3.05) is 20.7 Å². The Bertz CT molecular complexity index is 991. The van der Waals surface area contributed by atoms with Crippen LogP contribution < -0.4 is 9.47 Å². The number of allylic oxidation sites excluding steroid dienone is 2. The minimum Gasteiger partial charge on any atom is -0.493 e. The average Bonchev–Trinajstić information content (AvgIpc) is 2.64. The van der Waals surface area contributed by atoms with Crippen LogP contribution in [0.1, 0.15) is 31.4 Å². The molecule has 0 spiro atoms. The topological polar surface area (TPSA) is 82.1 Å². The van der Waals surface area contributed by atoms with Gasteiger partial charge in [0.05, 0.1) is 7.11 Å². The highest BCUT2D eigenvalue weighted by Crippen LogP contribution is 2.56. The highest BCUT2D eigenvalue weighted by atomic mass is 16.6. The van der Waals surface area contributed by atoms with Gasteiger partial charge in [0.25, 0.3) is 0 Å². The molecule has 7 heteroatoms. The van der Waals surface area contributed by atoms with E-state index < -0.39 is 17.4 Å². The van der Waals surface area contributed by atoms with Crippen molar-refractivity contribution < 1.29 is 28.6 Å². The molecular weight excluding hydrogens is 374 g/mol. The number of hydrogen-bond donors (Lipinski definition) is 0. The molecule has 1 saturated heterocycles. The van der Waals surface area contributed by atoms with Gasteiger partial charge in [0.2, 0.25) is 5.78 Å². The average molecular weight is 397 g/mol. The van der Waals surface area contributed by atoms with E-state index >= 15 is 0 Å². The molecule has 1 fully saturated rings. The van der Waals surface area contributed by atoms with Gasteiger partial charge in [-0.2, -0.15) is 0 Å². The molecule has 0 N–H and O–H groups in total. The largest absolute Gasteiger partial charge is 0.493 e. The van der Waals surface area contributed by atoms with Gasteiger partial charge in [-0.15, -0.1) is 0 Å². The molecule has 1 aliphatic heterocycles. The van der Waals surface area contributed by atoms with Crippen molar-refractivity contribution in [1.82, 2.24) is 4.90 Å². The third-order valence-corrected chi connectivity index (χ3v) is 5.96. The number of piperidine rings is 1. The van der Waals surface area contributed by atoms with E-state index in [1.54, 1.807) is 18.2 Å². The number of likely N-dealkylation sites (tertiary alicyclic amines) is 1. The van der Waals surface area contributed by atoms with Gasteiger partial charge in [0, 0.05) is 30.9 Å². The summed E-state index contributed by atoms with van der Waals surface area (Å²) in [5, 5.41) is 0. The second-order valence-electron chi connectivity index (χ2n) is 7.71. The highest BCUT2D eigenvalue weighted by molar-refractivity contribution is 6.06. The van der Waals surface area contributed by atoms with Crippen LogP contribution in [0.15, 0.2) is 35.6 Å². The van der Waals surface area contributed by atoms with E-state index in [2.05, 4.69) is 4.90 Å². The van der Waals surface area contributed by atoms with Gasteiger partial charge in [-0.25, -0.2) is 0 Å². The van der Waals surface area contributed by atoms with Crippen LogP contribution in [0.5, 0.6) is 11.5 Å². The van der Waals surface area contributed by atoms with Crippen LogP contribution in [-0.4, -0.2) is 49.4 Å². The summed E-state index contributed by atoms with van der Waals surface area (Å²) in [5.41, 5.74) is 2.05. The minimum absolute atomic E-state index is 0.00833. The maximum absolute atomic E-state index is 12.7. The Balaban J connectivity index is 2.02. The zero-order valence-electron chi connectivity index (χ0n) is 16.9. The van der Waals surface area contributed by atoms with Gasteiger partial charge in [-0.1, -0.05) is 6.07 Å². The first-order chi connectivity index (χ1) is 13.8. The lowest BCUT2D eigenvalue weighted by molar-refractivity contribution is -0.139. The number of hydrogen-bond acceptors (Lipinski definition) is 7. The first-order valence-electron chi connectivity index (χ1n) is 9.53. The standard InChI is InChI=1S/C22H23NO6/c1-12(24)28-19-11-22-7-8-23(3)16(15(22)10-17(19)26)9-14-5-6-18(27-4)21(20(14)22)29-13(2)25/h5-6,10-11,16H,7-9H2,1-4H3/t16-,22+/m1/s1. The van der Waals surface area contributed by atoms with E-state index in [9.17, 15) is 14.4 Å². The number of methoxy groups -OCH3 is 1. The quantitative estimate of drug-likeness (QED) is 0.570. The lowest BCUT2D eigenvalue weighted by Crippen LogP contribution is -2.54. The minimum atomic E-state index is -0.706. The number of ether oxygens (including phenoxy) is 3. The molecule has 29 heavy (non-hydrogen) atoms. The van der Waals surface area contributed by atoms with E-state index in [-0.39, 0.29) is 17.6 Å². The van der Waals surface area contributed by atoms with Gasteiger partial charge < -0.3 is 14.2 Å². The Morgan fingerprint density at radius 1 is 1.17 bits per heavy atom. The fourth-order valence-corrected chi connectivity index (χ4v) is 4.79. The Kier molecular flexibility index (Phi) is 4.58. The summed E-state index contributed by atoms with van der Waals surface area (Å²) >= 11 is 0. The number of likely N-dealkylation sites (N-methyl/N-ethyl adjacent to an activating group) is 1. The van der Waals surface area contributed by atoms with Gasteiger partial charge >= 0.3 is 11.9 Å². The number of carbonyl (C=O) groups is 3. The highest BCUT2D eigenvalue weighted by Gasteiger charge is 2.52. The van der Waals surface area contributed by atoms with Crippen molar-refractivity contribution in [3.05, 3.63) is 46.7 Å². The molecule has 0 saturated carbocycles. The summed E-state index contributed by atoms with van der Waals surface area (Å²) in [4.78, 5) is 38.3. The lowest BCUT2D eigenvalue weighted by atomic mass is 9.58. The summed E-state index contributed by atoms with van der Waals surface area (Å²) in [6, 6.07) is 3.80. The van der Waals surface area contributed by atoms with E-state index in [0.717, 1.165) is 23.2 Å². The summed E-state index contributed by atoms with van der Waals surface area (Å²) in [5.74, 6) is -0.516. The predicted molar refractivity (Wildman–Crippen MR) is 104 cm³/mol. The molecule has 1 aromatic rings. The molecule has 4 rings (SSSR count). The van der Waals surface area contributed by atoms with Gasteiger partial charge in [0.1, 0.15) is 0 Å². The smallest absolute Gasteiger partial charge is 0.308 e. The number of benzene rings is 1. The first-order valence-corrected chi connectivity index (χ1v) is 9.53. The molecule has 2 bridgehead atoms. The number of nitrogens with zero attached hydrogens (tertiary/aromatic N) is 1. The third-order valence-electron chi connectivity index (χ3n) is 5.96. The number of esters is 2. The Labute approximate surface area is 168 Å². The van der Waals surface area contributed by atoms with Crippen LogP contribution in [0.2, 0.25) is 0 Å². The molecule has 0 unspecified atom stereocenters. The molecule has 152 valence electrons. The number of rotatable bonds is 3. The molecule has 2 atom stereocenters. The lowest BCUT2D eigenvalue weighted by Gasteiger charge is -2.52. The monoisotopic (exact) mass is 397 g/mol. The van der Waals surface area contributed by atoms with Crippen LogP contribution in [0.3, 0.4) is 0 Å². The molecule has 7 nitrogen and oxygen atoms in total. The summed E-state index contributed by atoms with van der Waals surface area (Å²) in [6.45, 7) is 3.39. The zero-order valence-corrected chi connectivity index (χ0v) is 16.9. The molecular formula is C22H23NO6. The predicted octanol–water partition coefficient (Wildman–Crippen LogP) is 2.07. The maximum atomic E-state index is 12.7. The maximum Gasteiger partial charge on any atom is 0.308 e. The Hall–Kier alpha value is -2.93. The zero-order chi connectivity index (χ0) is 20.9. The van der Waals surface area contributed by atoms with Gasteiger partial charge in [-0.05, 0) is 55.8 Å². The van der Waals surface area contributed by atoms with Crippen LogP contribution >= 0.6 is 0 Å². The Morgan fingerprint density at radius 2 is 1.90 bits per heavy atom. The van der Waals surface area contributed by atoms with Crippen molar-refractivity contribution >= 4 is 17.7 Å².